The topological polar surface area (TPSA) is 58.2 Å². The van der Waals surface area contributed by atoms with E-state index in [9.17, 15) is 9.59 Å². The fraction of sp³-hybridized carbons (Fsp3) is 0.263. The highest BCUT2D eigenvalue weighted by Crippen LogP contribution is 2.40. The Morgan fingerprint density at radius 2 is 1.56 bits per heavy atom. The molecule has 0 spiro atoms. The minimum atomic E-state index is -0.320. The third-order valence-corrected chi connectivity index (χ3v) is 5.00. The Balaban J connectivity index is 1.59. The van der Waals surface area contributed by atoms with Crippen LogP contribution in [0.4, 0.5) is 11.4 Å². The average molecular weight is 377 g/mol. The number of carbonyl (C=O) groups is 2. The lowest BCUT2D eigenvalue weighted by Gasteiger charge is -2.09. The molecule has 2 N–H and O–H groups in total. The van der Waals surface area contributed by atoms with Crippen molar-refractivity contribution in [3.8, 4) is 0 Å². The summed E-state index contributed by atoms with van der Waals surface area (Å²) < 4.78 is 0. The largest absolute Gasteiger partial charge is 0.326 e. The summed E-state index contributed by atoms with van der Waals surface area (Å²) >= 11 is 12.0. The molecule has 4 nitrogen and oxygen atoms in total. The smallest absolute Gasteiger partial charge is 0.228 e. The van der Waals surface area contributed by atoms with Crippen LogP contribution in [0.2, 0.25) is 10.0 Å². The molecule has 2 aromatic carbocycles. The molecule has 25 heavy (non-hydrogen) atoms. The van der Waals surface area contributed by atoms with Crippen molar-refractivity contribution >= 4 is 46.4 Å². The van der Waals surface area contributed by atoms with E-state index in [-0.39, 0.29) is 23.7 Å². The summed E-state index contributed by atoms with van der Waals surface area (Å²) in [6, 6.07) is 10.7. The van der Waals surface area contributed by atoms with E-state index in [0.717, 1.165) is 11.1 Å². The van der Waals surface area contributed by atoms with Crippen molar-refractivity contribution in [1.29, 1.82) is 0 Å². The fourth-order valence-corrected chi connectivity index (χ4v) is 2.99. The zero-order valence-corrected chi connectivity index (χ0v) is 15.4. The molecule has 1 aliphatic rings. The normalized spacial score (nSPS) is 18.6. The third-order valence-electron chi connectivity index (χ3n) is 4.36. The van der Waals surface area contributed by atoms with Gasteiger partial charge in [0.15, 0.2) is 0 Å². The summed E-state index contributed by atoms with van der Waals surface area (Å²) in [4.78, 5) is 24.7. The Kier molecular flexibility index (Phi) is 5.02. The lowest BCUT2D eigenvalue weighted by Crippen LogP contribution is -2.21. The van der Waals surface area contributed by atoms with E-state index in [4.69, 9.17) is 23.2 Å². The van der Waals surface area contributed by atoms with Crippen molar-refractivity contribution in [2.75, 3.05) is 10.6 Å². The van der Waals surface area contributed by atoms with Crippen LogP contribution in [0.25, 0.3) is 0 Å². The van der Waals surface area contributed by atoms with E-state index < -0.39 is 0 Å². The van der Waals surface area contributed by atoms with Gasteiger partial charge < -0.3 is 10.6 Å². The second-order valence-corrected chi connectivity index (χ2v) is 7.19. The van der Waals surface area contributed by atoms with Gasteiger partial charge in [-0.25, -0.2) is 0 Å². The molecule has 2 amide bonds. The highest BCUT2D eigenvalue weighted by Gasteiger charge is 2.48. The van der Waals surface area contributed by atoms with Gasteiger partial charge >= 0.3 is 0 Å². The minimum Gasteiger partial charge on any atom is -0.326 e. The van der Waals surface area contributed by atoms with Crippen molar-refractivity contribution < 1.29 is 9.59 Å². The Morgan fingerprint density at radius 3 is 2.24 bits per heavy atom. The summed E-state index contributed by atoms with van der Waals surface area (Å²) in [6.45, 7) is 3.79. The first-order valence-corrected chi connectivity index (χ1v) is 8.75. The Hall–Kier alpha value is -2.04. The molecule has 2 atom stereocenters. The van der Waals surface area contributed by atoms with Gasteiger partial charge in [0.2, 0.25) is 11.8 Å². The van der Waals surface area contributed by atoms with E-state index in [2.05, 4.69) is 10.6 Å². The Bertz CT molecular complexity index is 851. The summed E-state index contributed by atoms with van der Waals surface area (Å²) in [5, 5.41) is 6.82. The molecule has 0 aromatic heterocycles. The predicted molar refractivity (Wildman–Crippen MR) is 101 cm³/mol. The summed E-state index contributed by atoms with van der Waals surface area (Å²) in [6.07, 6.45) is 0.539. The number of aryl methyl sites for hydroxylation is 2. The molecule has 2 unspecified atom stereocenters. The van der Waals surface area contributed by atoms with Crippen molar-refractivity contribution in [3.63, 3.8) is 0 Å². The van der Waals surface area contributed by atoms with E-state index in [0.29, 0.717) is 27.8 Å². The second-order valence-electron chi connectivity index (χ2n) is 6.35. The number of hydrogen-bond donors (Lipinski definition) is 2. The molecule has 0 aliphatic heterocycles. The van der Waals surface area contributed by atoms with Gasteiger partial charge in [0, 0.05) is 21.4 Å². The van der Waals surface area contributed by atoms with Crippen molar-refractivity contribution in [1.82, 2.24) is 0 Å². The molecule has 3 rings (SSSR count). The summed E-state index contributed by atoms with van der Waals surface area (Å²) in [5.41, 5.74) is 3.18. The van der Waals surface area contributed by atoms with Gasteiger partial charge in [-0.3, -0.25) is 9.59 Å². The summed E-state index contributed by atoms with van der Waals surface area (Å²) in [5.74, 6) is -0.964. The maximum Gasteiger partial charge on any atom is 0.228 e. The van der Waals surface area contributed by atoms with Crippen LogP contribution < -0.4 is 10.6 Å². The predicted octanol–water partition coefficient (Wildman–Crippen LogP) is 4.82. The first-order chi connectivity index (χ1) is 11.8. The second kappa shape index (κ2) is 7.06. The standard InChI is InChI=1S/C19H18Cl2N2O2/c1-10-4-6-13(8-16(10)21)22-18(24)14-9-15(14)19(25)23-17-7-12(20)5-3-11(17)2/h3-8,14-15H,9H2,1-2H3,(H,22,24)(H,23,25). The maximum atomic E-state index is 12.3. The number of carbonyl (C=O) groups excluding carboxylic acids is 2. The quantitative estimate of drug-likeness (QED) is 0.802. The molecule has 0 bridgehead atoms. The van der Waals surface area contributed by atoms with E-state index in [1.54, 1.807) is 24.3 Å². The maximum absolute atomic E-state index is 12.3. The zero-order valence-electron chi connectivity index (χ0n) is 13.9. The number of benzene rings is 2. The SMILES string of the molecule is Cc1ccc(NC(=O)C2CC2C(=O)Nc2cc(Cl)ccc2C)cc1Cl. The zero-order chi connectivity index (χ0) is 18.1. The Morgan fingerprint density at radius 1 is 0.920 bits per heavy atom. The van der Waals surface area contributed by atoms with Crippen LogP contribution in [-0.2, 0) is 9.59 Å². The lowest BCUT2D eigenvalue weighted by atomic mass is 10.2. The number of halogens is 2. The molecule has 6 heteroatoms. The molecule has 0 radical (unpaired) electrons. The molecule has 2 aromatic rings. The van der Waals surface area contributed by atoms with Crippen molar-refractivity contribution in [3.05, 3.63) is 57.6 Å². The van der Waals surface area contributed by atoms with Gasteiger partial charge in [-0.2, -0.15) is 0 Å². The van der Waals surface area contributed by atoms with Crippen molar-refractivity contribution in [2.24, 2.45) is 11.8 Å². The third kappa shape index (κ3) is 4.14. The van der Waals surface area contributed by atoms with Crippen LogP contribution in [0.15, 0.2) is 36.4 Å². The van der Waals surface area contributed by atoms with Gasteiger partial charge in [-0.05, 0) is 55.7 Å². The highest BCUT2D eigenvalue weighted by atomic mass is 35.5. The molecule has 1 aliphatic carbocycles. The minimum absolute atomic E-state index is 0.160. The molecule has 0 saturated heterocycles. The number of anilines is 2. The van der Waals surface area contributed by atoms with Crippen LogP contribution in [0.3, 0.4) is 0 Å². The molecule has 130 valence electrons. The van der Waals surface area contributed by atoms with Crippen molar-refractivity contribution in [2.45, 2.75) is 20.3 Å². The van der Waals surface area contributed by atoms with E-state index in [1.165, 1.54) is 0 Å². The molecule has 0 heterocycles. The fourth-order valence-electron chi connectivity index (χ4n) is 2.63. The number of hydrogen-bond acceptors (Lipinski definition) is 2. The van der Waals surface area contributed by atoms with Crippen LogP contribution in [-0.4, -0.2) is 11.8 Å². The van der Waals surface area contributed by atoms with Gasteiger partial charge in [0.1, 0.15) is 0 Å². The van der Waals surface area contributed by atoms with Gasteiger partial charge in [0.25, 0.3) is 0 Å². The first-order valence-electron chi connectivity index (χ1n) is 7.99. The highest BCUT2D eigenvalue weighted by molar-refractivity contribution is 6.31. The first kappa shape index (κ1) is 17.8. The lowest BCUT2D eigenvalue weighted by molar-refractivity contribution is -0.122. The average Bonchev–Trinajstić information content (AvgIpc) is 3.35. The molecular formula is C19H18Cl2N2O2. The van der Waals surface area contributed by atoms with Crippen LogP contribution in [0.1, 0.15) is 17.5 Å². The van der Waals surface area contributed by atoms with Crippen LogP contribution in [0.5, 0.6) is 0 Å². The molecule has 1 saturated carbocycles. The van der Waals surface area contributed by atoms with Gasteiger partial charge in [0.05, 0.1) is 11.8 Å². The molecule has 1 fully saturated rings. The van der Waals surface area contributed by atoms with Gasteiger partial charge in [-0.15, -0.1) is 0 Å². The van der Waals surface area contributed by atoms with Gasteiger partial charge in [-0.1, -0.05) is 35.3 Å². The number of nitrogens with one attached hydrogen (secondary N) is 2. The molecular weight excluding hydrogens is 359 g/mol. The van der Waals surface area contributed by atoms with Crippen LogP contribution >= 0.6 is 23.2 Å². The van der Waals surface area contributed by atoms with Crippen LogP contribution in [0, 0.1) is 25.7 Å². The monoisotopic (exact) mass is 376 g/mol. The number of rotatable bonds is 4. The number of amides is 2. The van der Waals surface area contributed by atoms with E-state index >= 15 is 0 Å². The Labute approximate surface area is 156 Å². The van der Waals surface area contributed by atoms with E-state index in [1.807, 2.05) is 26.0 Å². The summed E-state index contributed by atoms with van der Waals surface area (Å²) in [7, 11) is 0.